The first kappa shape index (κ1) is 17.2. The normalized spacial score (nSPS) is 30.5. The van der Waals surface area contributed by atoms with Gasteiger partial charge in [-0.1, -0.05) is 12.1 Å². The monoisotopic (exact) mass is 335 g/mol. The van der Waals surface area contributed by atoms with Crippen molar-refractivity contribution in [2.75, 3.05) is 0 Å². The van der Waals surface area contributed by atoms with Crippen LogP contribution >= 0.6 is 0 Å². The summed E-state index contributed by atoms with van der Waals surface area (Å²) in [5.74, 6) is -0.384. The Morgan fingerprint density at radius 3 is 2.46 bits per heavy atom. The van der Waals surface area contributed by atoms with Gasteiger partial charge in [-0.05, 0) is 71.1 Å². The zero-order valence-electron chi connectivity index (χ0n) is 14.8. The second-order valence-corrected chi connectivity index (χ2v) is 8.37. The van der Waals surface area contributed by atoms with Gasteiger partial charge in [0.05, 0.1) is 5.54 Å². The van der Waals surface area contributed by atoms with E-state index < -0.39 is 23.3 Å². The van der Waals surface area contributed by atoms with Crippen molar-refractivity contribution in [1.82, 2.24) is 4.90 Å². The topological polar surface area (TPSA) is 49.8 Å². The zero-order valence-corrected chi connectivity index (χ0v) is 14.8. The summed E-state index contributed by atoms with van der Waals surface area (Å²) >= 11 is 0. The number of nitrogens with zero attached hydrogens (tertiary/aromatic N) is 1. The second-order valence-electron chi connectivity index (χ2n) is 8.37. The fourth-order valence-electron chi connectivity index (χ4n) is 4.30. The Morgan fingerprint density at radius 2 is 1.92 bits per heavy atom. The third kappa shape index (κ3) is 2.69. The predicted molar refractivity (Wildman–Crippen MR) is 89.0 cm³/mol. The number of halogens is 1. The minimum absolute atomic E-state index is 0.309. The van der Waals surface area contributed by atoms with E-state index in [-0.39, 0.29) is 11.4 Å². The quantitative estimate of drug-likeness (QED) is 0.882. The molecule has 2 fully saturated rings. The van der Waals surface area contributed by atoms with Gasteiger partial charge in [-0.25, -0.2) is 9.18 Å². The van der Waals surface area contributed by atoms with Crippen LogP contribution in [-0.2, 0) is 4.74 Å². The Hall–Kier alpha value is -1.62. The Kier molecular flexibility index (Phi) is 3.91. The molecular formula is C19H26FNO3. The summed E-state index contributed by atoms with van der Waals surface area (Å²) in [6.07, 6.45) is 1.71. The number of ether oxygens (including phenoxy) is 1. The SMILES string of the molecule is CC(C)(C)OC(=O)N1C2(C)CCC1([C@@H](O)c1cccc(F)c1)CC2. The number of carbonyl (C=O) groups excluding carboxylic acids is 1. The highest BCUT2D eigenvalue weighted by Gasteiger charge is 2.64. The predicted octanol–water partition coefficient (Wildman–Crippen LogP) is 4.18. The molecular weight excluding hydrogens is 309 g/mol. The van der Waals surface area contributed by atoms with E-state index in [4.69, 9.17) is 4.74 Å². The fourth-order valence-corrected chi connectivity index (χ4v) is 4.30. The summed E-state index contributed by atoms with van der Waals surface area (Å²) in [5.41, 5.74) is -1.11. The van der Waals surface area contributed by atoms with Crippen LogP contribution in [0.4, 0.5) is 9.18 Å². The average Bonchev–Trinajstić information content (AvgIpc) is 2.94. The van der Waals surface area contributed by atoms with Gasteiger partial charge in [-0.15, -0.1) is 0 Å². The first-order chi connectivity index (χ1) is 11.1. The lowest BCUT2D eigenvalue weighted by Gasteiger charge is -2.41. The van der Waals surface area contributed by atoms with Crippen LogP contribution in [0, 0.1) is 5.82 Å². The summed E-state index contributed by atoms with van der Waals surface area (Å²) in [4.78, 5) is 14.6. The molecule has 2 aliphatic heterocycles. The minimum atomic E-state index is -0.926. The molecule has 2 aliphatic rings. The number of benzene rings is 1. The first-order valence-electron chi connectivity index (χ1n) is 8.54. The van der Waals surface area contributed by atoms with Crippen molar-refractivity contribution < 1.29 is 19.0 Å². The number of aliphatic hydroxyl groups excluding tert-OH is 1. The molecule has 132 valence electrons. The van der Waals surface area contributed by atoms with Gasteiger partial charge in [0.25, 0.3) is 0 Å². The summed E-state index contributed by atoms with van der Waals surface area (Å²) < 4.78 is 19.2. The Balaban J connectivity index is 1.96. The molecule has 1 atom stereocenters. The van der Waals surface area contributed by atoms with Gasteiger partial charge < -0.3 is 9.84 Å². The standard InChI is InChI=1S/C19H26FNO3/c1-17(2,3)24-16(23)21-18(4)8-10-19(21,11-9-18)15(22)13-6-5-7-14(20)12-13/h5-7,12,15,22H,8-11H2,1-4H3/t15-,18?,19?/m0/s1. The van der Waals surface area contributed by atoms with E-state index in [9.17, 15) is 14.3 Å². The number of aliphatic hydroxyl groups is 1. The van der Waals surface area contributed by atoms with Crippen LogP contribution in [0.3, 0.4) is 0 Å². The maximum Gasteiger partial charge on any atom is 0.411 e. The summed E-state index contributed by atoms with van der Waals surface area (Å²) in [6.45, 7) is 7.55. The maximum atomic E-state index is 13.6. The van der Waals surface area contributed by atoms with Crippen LogP contribution in [0.15, 0.2) is 24.3 Å². The average molecular weight is 335 g/mol. The Labute approximate surface area is 142 Å². The van der Waals surface area contributed by atoms with Crippen molar-refractivity contribution in [2.45, 2.75) is 76.2 Å². The van der Waals surface area contributed by atoms with E-state index in [1.54, 1.807) is 17.0 Å². The molecule has 5 heteroatoms. The number of hydrogen-bond donors (Lipinski definition) is 1. The van der Waals surface area contributed by atoms with Crippen molar-refractivity contribution in [3.8, 4) is 0 Å². The molecule has 1 aromatic carbocycles. The third-order valence-electron chi connectivity index (χ3n) is 5.43. The molecule has 1 N–H and O–H groups in total. The van der Waals surface area contributed by atoms with Gasteiger partial charge in [0.15, 0.2) is 0 Å². The van der Waals surface area contributed by atoms with Gasteiger partial charge >= 0.3 is 6.09 Å². The second kappa shape index (κ2) is 5.45. The molecule has 24 heavy (non-hydrogen) atoms. The van der Waals surface area contributed by atoms with Gasteiger partial charge in [-0.2, -0.15) is 0 Å². The highest BCUT2D eigenvalue weighted by atomic mass is 19.1. The van der Waals surface area contributed by atoms with E-state index in [0.717, 1.165) is 12.8 Å². The maximum absolute atomic E-state index is 13.6. The van der Waals surface area contributed by atoms with E-state index in [0.29, 0.717) is 18.4 Å². The van der Waals surface area contributed by atoms with Crippen molar-refractivity contribution >= 4 is 6.09 Å². The van der Waals surface area contributed by atoms with Crippen molar-refractivity contribution in [1.29, 1.82) is 0 Å². The van der Waals surface area contributed by atoms with Gasteiger partial charge in [0.1, 0.15) is 17.5 Å². The number of hydrogen-bond acceptors (Lipinski definition) is 3. The van der Waals surface area contributed by atoms with Crippen LogP contribution in [0.5, 0.6) is 0 Å². The molecule has 3 rings (SSSR count). The lowest BCUT2D eigenvalue weighted by atomic mass is 9.78. The van der Waals surface area contributed by atoms with Crippen LogP contribution in [0.1, 0.15) is 65.0 Å². The molecule has 0 unspecified atom stereocenters. The third-order valence-corrected chi connectivity index (χ3v) is 5.43. The fraction of sp³-hybridized carbons (Fsp3) is 0.632. The van der Waals surface area contributed by atoms with Crippen LogP contribution < -0.4 is 0 Å². The summed E-state index contributed by atoms with van der Waals surface area (Å²) in [5, 5.41) is 11.0. The van der Waals surface area contributed by atoms with Crippen LogP contribution in [0.2, 0.25) is 0 Å². The van der Waals surface area contributed by atoms with Crippen molar-refractivity contribution in [3.05, 3.63) is 35.6 Å². The number of fused-ring (bicyclic) bond motifs is 2. The minimum Gasteiger partial charge on any atom is -0.444 e. The number of amides is 1. The molecule has 0 aliphatic carbocycles. The molecule has 2 saturated heterocycles. The number of rotatable bonds is 2. The molecule has 0 radical (unpaired) electrons. The molecule has 0 spiro atoms. The number of carbonyl (C=O) groups is 1. The highest BCUT2D eigenvalue weighted by molar-refractivity contribution is 5.72. The first-order valence-corrected chi connectivity index (χ1v) is 8.54. The smallest absolute Gasteiger partial charge is 0.411 e. The van der Waals surface area contributed by atoms with E-state index in [2.05, 4.69) is 0 Å². The highest BCUT2D eigenvalue weighted by Crippen LogP contribution is 2.58. The molecule has 1 aromatic rings. The summed E-state index contributed by atoms with van der Waals surface area (Å²) in [6, 6.07) is 6.00. The molecule has 2 heterocycles. The van der Waals surface area contributed by atoms with Gasteiger partial charge in [0.2, 0.25) is 0 Å². The largest absolute Gasteiger partial charge is 0.444 e. The summed E-state index contributed by atoms with van der Waals surface area (Å²) in [7, 11) is 0. The molecule has 1 amide bonds. The molecule has 0 saturated carbocycles. The van der Waals surface area contributed by atoms with Gasteiger partial charge in [-0.3, -0.25) is 4.90 Å². The molecule has 2 bridgehead atoms. The zero-order chi connectivity index (χ0) is 17.8. The van der Waals surface area contributed by atoms with Crippen molar-refractivity contribution in [3.63, 3.8) is 0 Å². The molecule has 0 aromatic heterocycles. The van der Waals surface area contributed by atoms with Crippen LogP contribution in [0.25, 0.3) is 0 Å². The Morgan fingerprint density at radius 1 is 1.29 bits per heavy atom. The van der Waals surface area contributed by atoms with Crippen LogP contribution in [-0.4, -0.2) is 32.8 Å². The Bertz CT molecular complexity index is 644. The lowest BCUT2D eigenvalue weighted by molar-refractivity contribution is -0.0364. The van der Waals surface area contributed by atoms with E-state index in [1.807, 2.05) is 27.7 Å². The van der Waals surface area contributed by atoms with E-state index >= 15 is 0 Å². The van der Waals surface area contributed by atoms with E-state index in [1.165, 1.54) is 12.1 Å². The molecule has 4 nitrogen and oxygen atoms in total. The lowest BCUT2D eigenvalue weighted by Crippen LogP contribution is -2.53. The van der Waals surface area contributed by atoms with Crippen molar-refractivity contribution in [2.24, 2.45) is 0 Å². The van der Waals surface area contributed by atoms with Gasteiger partial charge in [0, 0.05) is 5.54 Å².